The van der Waals surface area contributed by atoms with Crippen molar-refractivity contribution in [2.24, 2.45) is 0 Å². The van der Waals surface area contributed by atoms with E-state index in [1.54, 1.807) is 6.07 Å². The molecule has 1 rings (SSSR count). The van der Waals surface area contributed by atoms with Gasteiger partial charge in [0.2, 0.25) is 0 Å². The van der Waals surface area contributed by atoms with Gasteiger partial charge in [0.05, 0.1) is 0 Å². The Morgan fingerprint density at radius 3 is 1.39 bits per heavy atom. The normalized spacial score (nSPS) is 7.91. The Hall–Kier alpha value is -0.711. The maximum absolute atomic E-state index is 10.2. The Morgan fingerprint density at radius 2 is 1.22 bits per heavy atom. The molecule has 0 aromatic heterocycles. The van der Waals surface area contributed by atoms with Crippen LogP contribution in [0.3, 0.4) is 0 Å². The first-order valence-electron chi connectivity index (χ1n) is 7.83. The summed E-state index contributed by atoms with van der Waals surface area (Å²) in [4.78, 5) is 10.2. The summed E-state index contributed by atoms with van der Waals surface area (Å²) in [5, 5.41) is 19.0. The van der Waals surface area contributed by atoms with E-state index in [0.29, 0.717) is 0 Å². The average molecular weight is 427 g/mol. The van der Waals surface area contributed by atoms with E-state index in [2.05, 4.69) is 41.5 Å². The zero-order valence-corrected chi connectivity index (χ0v) is 17.8. The molecule has 0 aliphatic heterocycles. The SMILES string of the molecule is [CH2]CCC.[CH2]CCC.[CH2]CCC.[O]C(=O)c1ccccc1O.[Sn]. The van der Waals surface area contributed by atoms with Gasteiger partial charge in [0.25, 0.3) is 0 Å². The molecule has 3 nitrogen and oxygen atoms in total. The molecule has 1 N–H and O–H groups in total. The second kappa shape index (κ2) is 26.2. The molecule has 0 saturated heterocycles. The predicted octanol–water partition coefficient (Wildman–Crippen LogP) is 5.44. The number of carbonyl (C=O) groups excluding carboxylic acids is 1. The second-order valence-corrected chi connectivity index (χ2v) is 4.37. The molecule has 1 aromatic carbocycles. The third kappa shape index (κ3) is 26.5. The van der Waals surface area contributed by atoms with Gasteiger partial charge in [-0.3, -0.25) is 0 Å². The molecule has 8 radical (unpaired) electrons. The smallest absolute Gasteiger partial charge is 0.390 e. The fraction of sp³-hybridized carbons (Fsp3) is 0.474. The molecule has 0 atom stereocenters. The van der Waals surface area contributed by atoms with Crippen LogP contribution in [0.15, 0.2) is 24.3 Å². The molecular formula is C19H32O3Sn. The number of para-hydroxylation sites is 1. The Labute approximate surface area is 160 Å². The number of hydrogen-bond donors (Lipinski definition) is 1. The summed E-state index contributed by atoms with van der Waals surface area (Å²) >= 11 is 0. The number of unbranched alkanes of at least 4 members (excludes halogenated alkanes) is 3. The minimum absolute atomic E-state index is 0. The third-order valence-corrected chi connectivity index (χ3v) is 2.18. The Balaban J connectivity index is -0.000000118. The van der Waals surface area contributed by atoms with Gasteiger partial charge in [0.1, 0.15) is 11.3 Å². The predicted molar refractivity (Wildman–Crippen MR) is 99.7 cm³/mol. The van der Waals surface area contributed by atoms with Gasteiger partial charge < -0.3 is 5.11 Å². The zero-order chi connectivity index (χ0) is 17.8. The first-order valence-corrected chi connectivity index (χ1v) is 7.83. The zero-order valence-electron chi connectivity index (χ0n) is 14.9. The molecule has 0 aliphatic rings. The number of carbonyl (C=O) groups is 1. The van der Waals surface area contributed by atoms with E-state index >= 15 is 0 Å². The van der Waals surface area contributed by atoms with Crippen molar-refractivity contribution < 1.29 is 15.0 Å². The minimum Gasteiger partial charge on any atom is -0.507 e. The molecule has 0 amide bonds. The van der Waals surface area contributed by atoms with Crippen LogP contribution in [-0.2, 0) is 5.11 Å². The molecular weight excluding hydrogens is 395 g/mol. The van der Waals surface area contributed by atoms with Gasteiger partial charge in [0, 0.05) is 23.9 Å². The maximum Gasteiger partial charge on any atom is 0.390 e. The van der Waals surface area contributed by atoms with Gasteiger partial charge >= 0.3 is 5.97 Å². The Kier molecular flexibility index (Phi) is 34.4. The summed E-state index contributed by atoms with van der Waals surface area (Å²) in [6, 6.07) is 5.64. The third-order valence-electron chi connectivity index (χ3n) is 2.18. The van der Waals surface area contributed by atoms with Crippen LogP contribution >= 0.6 is 0 Å². The van der Waals surface area contributed by atoms with Gasteiger partial charge in [-0.25, -0.2) is 9.90 Å². The molecule has 23 heavy (non-hydrogen) atoms. The number of hydrogen-bond acceptors (Lipinski definition) is 2. The number of phenolic OH excluding ortho intramolecular Hbond substituents is 1. The minimum atomic E-state index is -1.36. The van der Waals surface area contributed by atoms with Gasteiger partial charge in [-0.15, -0.1) is 0 Å². The van der Waals surface area contributed by atoms with Crippen molar-refractivity contribution in [3.63, 3.8) is 0 Å². The van der Waals surface area contributed by atoms with E-state index in [1.807, 2.05) is 0 Å². The first-order chi connectivity index (χ1) is 10.5. The second-order valence-electron chi connectivity index (χ2n) is 4.37. The summed E-state index contributed by atoms with van der Waals surface area (Å²) in [6.07, 6.45) is 6.83. The average Bonchev–Trinajstić information content (AvgIpc) is 2.55. The standard InChI is InChI=1S/C7H5O3.3C4H9.Sn/c8-6-4-2-1-3-5(6)7(9)10;3*1-3-4-2;/h1-4,8H;3*1,3-4H2,2H3;. The van der Waals surface area contributed by atoms with Crippen molar-refractivity contribution in [3.8, 4) is 5.75 Å². The fourth-order valence-corrected chi connectivity index (χ4v) is 0.646. The Bertz CT molecular complexity index is 326. The van der Waals surface area contributed by atoms with E-state index in [4.69, 9.17) is 5.11 Å². The van der Waals surface area contributed by atoms with E-state index in [1.165, 1.54) is 37.5 Å². The van der Waals surface area contributed by atoms with E-state index in [0.717, 1.165) is 19.3 Å². The summed E-state index contributed by atoms with van der Waals surface area (Å²) < 4.78 is 0. The molecule has 0 saturated carbocycles. The van der Waals surface area contributed by atoms with Gasteiger partial charge in [-0.2, -0.15) is 0 Å². The molecule has 4 heteroatoms. The van der Waals surface area contributed by atoms with Crippen LogP contribution in [0.2, 0.25) is 0 Å². The fourth-order valence-electron chi connectivity index (χ4n) is 0.646. The summed E-state index contributed by atoms with van der Waals surface area (Å²) in [5.41, 5.74) is -0.178. The molecule has 0 bridgehead atoms. The van der Waals surface area contributed by atoms with Gasteiger partial charge in [-0.1, -0.05) is 92.2 Å². The quantitative estimate of drug-likeness (QED) is 0.651. The molecule has 0 unspecified atom stereocenters. The summed E-state index contributed by atoms with van der Waals surface area (Å²) in [7, 11) is 0. The summed E-state index contributed by atoms with van der Waals surface area (Å²) in [5.74, 6) is -1.62. The van der Waals surface area contributed by atoms with Crippen LogP contribution in [0.4, 0.5) is 0 Å². The van der Waals surface area contributed by atoms with E-state index in [-0.39, 0.29) is 35.2 Å². The molecule has 0 aliphatic carbocycles. The van der Waals surface area contributed by atoms with E-state index in [9.17, 15) is 9.90 Å². The van der Waals surface area contributed by atoms with Crippen molar-refractivity contribution in [3.05, 3.63) is 50.6 Å². The van der Waals surface area contributed by atoms with Gasteiger partial charge in [-0.05, 0) is 12.1 Å². The van der Waals surface area contributed by atoms with Crippen molar-refractivity contribution in [1.82, 2.24) is 0 Å². The largest absolute Gasteiger partial charge is 0.507 e. The van der Waals surface area contributed by atoms with Crippen LogP contribution in [0.5, 0.6) is 5.75 Å². The van der Waals surface area contributed by atoms with E-state index < -0.39 is 5.97 Å². The number of phenols is 1. The molecule has 0 fully saturated rings. The van der Waals surface area contributed by atoms with Crippen molar-refractivity contribution >= 4 is 29.9 Å². The first kappa shape index (κ1) is 30.2. The van der Waals surface area contributed by atoms with Crippen molar-refractivity contribution in [2.45, 2.75) is 59.3 Å². The van der Waals surface area contributed by atoms with Crippen LogP contribution < -0.4 is 0 Å². The van der Waals surface area contributed by atoms with Crippen LogP contribution in [0, 0.1) is 20.8 Å². The van der Waals surface area contributed by atoms with Crippen molar-refractivity contribution in [1.29, 1.82) is 0 Å². The maximum atomic E-state index is 10.2. The Morgan fingerprint density at radius 1 is 0.913 bits per heavy atom. The monoisotopic (exact) mass is 428 g/mol. The van der Waals surface area contributed by atoms with Gasteiger partial charge in [0.15, 0.2) is 0 Å². The number of rotatable bonds is 4. The van der Waals surface area contributed by atoms with Crippen molar-refractivity contribution in [2.75, 3.05) is 0 Å². The number of benzene rings is 1. The topological polar surface area (TPSA) is 57.2 Å². The molecule has 1 aromatic rings. The summed E-state index contributed by atoms with van der Waals surface area (Å²) in [6.45, 7) is 17.2. The molecule has 0 spiro atoms. The molecule has 0 heterocycles. The van der Waals surface area contributed by atoms with Crippen LogP contribution in [0.1, 0.15) is 69.7 Å². The van der Waals surface area contributed by atoms with Crippen LogP contribution in [0.25, 0.3) is 0 Å². The number of aromatic hydroxyl groups is 1. The van der Waals surface area contributed by atoms with Crippen LogP contribution in [-0.4, -0.2) is 35.0 Å². The molecule has 130 valence electrons.